The molecular weight excluding hydrogens is 515 g/mol. The standard InChI is InChI=1S/C30H39FN4O3S/c1-18-13-27(39-17-31)25(29(36)33-18)14-32-30(37)28-20(3)35(26-8-6-5-7-24(26)28)19(2)21-9-11-22(12-10-21)34-15-23(16-34)38-4/h5-8,13,19,21-23H,9-12,14-17H2,1-4H3,(H,32,37)(H,33,36). The van der Waals surface area contributed by atoms with E-state index in [-0.39, 0.29) is 24.1 Å². The molecule has 0 bridgehead atoms. The molecule has 2 aliphatic rings. The smallest absolute Gasteiger partial charge is 0.254 e. The fourth-order valence-corrected chi connectivity index (χ4v) is 7.29. The molecule has 39 heavy (non-hydrogen) atoms. The van der Waals surface area contributed by atoms with Gasteiger partial charge >= 0.3 is 0 Å². The number of thioether (sulfide) groups is 1. The molecule has 1 amide bonds. The van der Waals surface area contributed by atoms with E-state index in [0.717, 1.165) is 41.4 Å². The number of benzene rings is 1. The molecule has 2 aromatic heterocycles. The van der Waals surface area contributed by atoms with Crippen LogP contribution in [0.15, 0.2) is 40.0 Å². The number of pyridine rings is 1. The Labute approximate surface area is 233 Å². The van der Waals surface area contributed by atoms with Crippen LogP contribution in [0.2, 0.25) is 0 Å². The molecule has 1 aromatic carbocycles. The number of aromatic amines is 1. The van der Waals surface area contributed by atoms with Gasteiger partial charge in [0.25, 0.3) is 11.5 Å². The Morgan fingerprint density at radius 2 is 1.92 bits per heavy atom. The van der Waals surface area contributed by atoms with Crippen LogP contribution in [0.25, 0.3) is 10.9 Å². The van der Waals surface area contributed by atoms with Crippen molar-refractivity contribution < 1.29 is 13.9 Å². The Balaban J connectivity index is 1.34. The molecule has 3 heterocycles. The van der Waals surface area contributed by atoms with E-state index in [1.165, 1.54) is 25.7 Å². The van der Waals surface area contributed by atoms with E-state index in [1.807, 2.05) is 25.1 Å². The summed E-state index contributed by atoms with van der Waals surface area (Å²) in [5, 5.41) is 3.87. The Morgan fingerprint density at radius 1 is 1.21 bits per heavy atom. The van der Waals surface area contributed by atoms with E-state index in [4.69, 9.17) is 4.74 Å². The van der Waals surface area contributed by atoms with Gasteiger partial charge < -0.3 is 19.6 Å². The number of methoxy groups -OCH3 is 1. The Hall–Kier alpha value is -2.62. The summed E-state index contributed by atoms with van der Waals surface area (Å²) >= 11 is 0.964. The lowest BCUT2D eigenvalue weighted by molar-refractivity contribution is -0.0605. The lowest BCUT2D eigenvalue weighted by Crippen LogP contribution is -2.56. The van der Waals surface area contributed by atoms with Gasteiger partial charge in [0.05, 0.1) is 17.2 Å². The second-order valence-corrected chi connectivity index (χ2v) is 12.0. The van der Waals surface area contributed by atoms with Crippen LogP contribution in [0.3, 0.4) is 0 Å². The zero-order valence-corrected chi connectivity index (χ0v) is 24.1. The van der Waals surface area contributed by atoms with E-state index in [0.29, 0.717) is 39.8 Å². The minimum Gasteiger partial charge on any atom is -0.379 e. The average molecular weight is 555 g/mol. The fraction of sp³-hybridized carbons (Fsp3) is 0.533. The number of likely N-dealkylation sites (tertiary alicyclic amines) is 1. The number of aryl methyl sites for hydroxylation is 1. The molecule has 2 fully saturated rings. The van der Waals surface area contributed by atoms with Crippen molar-refractivity contribution in [2.24, 2.45) is 5.92 Å². The number of nitrogens with one attached hydrogen (secondary N) is 2. The first-order valence-electron chi connectivity index (χ1n) is 13.9. The highest BCUT2D eigenvalue weighted by Gasteiger charge is 2.36. The normalized spacial score (nSPS) is 21.2. The van der Waals surface area contributed by atoms with Crippen LogP contribution in [0.4, 0.5) is 4.39 Å². The monoisotopic (exact) mass is 554 g/mol. The predicted molar refractivity (Wildman–Crippen MR) is 154 cm³/mol. The number of aromatic nitrogens is 2. The highest BCUT2D eigenvalue weighted by molar-refractivity contribution is 7.99. The minimum absolute atomic E-state index is 0.0374. The van der Waals surface area contributed by atoms with E-state index in [9.17, 15) is 14.0 Å². The molecule has 3 aromatic rings. The second-order valence-electron chi connectivity index (χ2n) is 11.0. The van der Waals surface area contributed by atoms with Crippen LogP contribution in [0, 0.1) is 19.8 Å². The van der Waals surface area contributed by atoms with Gasteiger partial charge in [-0.1, -0.05) is 30.0 Å². The SMILES string of the molecule is COC1CN(C2CCC(C(C)n3c(C)c(C(=O)NCc4c(SCF)cc(C)[nH]c4=O)c4ccccc43)CC2)C1. The number of nitrogens with zero attached hydrogens (tertiary/aromatic N) is 2. The number of alkyl halides is 1. The summed E-state index contributed by atoms with van der Waals surface area (Å²) in [4.78, 5) is 32.1. The van der Waals surface area contributed by atoms with Crippen LogP contribution in [0.1, 0.15) is 66.0 Å². The van der Waals surface area contributed by atoms with Gasteiger partial charge in [-0.15, -0.1) is 0 Å². The largest absolute Gasteiger partial charge is 0.379 e. The lowest BCUT2D eigenvalue weighted by Gasteiger charge is -2.46. The number of hydrogen-bond donors (Lipinski definition) is 2. The maximum absolute atomic E-state index is 13.6. The Morgan fingerprint density at radius 3 is 2.62 bits per heavy atom. The van der Waals surface area contributed by atoms with Gasteiger partial charge in [0, 0.05) is 66.0 Å². The molecule has 9 heteroatoms. The number of carbonyl (C=O) groups is 1. The second kappa shape index (κ2) is 11.9. The first kappa shape index (κ1) is 27.9. The van der Waals surface area contributed by atoms with Crippen LogP contribution >= 0.6 is 11.8 Å². The number of amides is 1. The highest BCUT2D eigenvalue weighted by atomic mass is 32.2. The van der Waals surface area contributed by atoms with Crippen molar-refractivity contribution in [3.8, 4) is 0 Å². The maximum atomic E-state index is 13.6. The van der Waals surface area contributed by atoms with Crippen LogP contribution < -0.4 is 10.9 Å². The number of rotatable bonds is 9. The van der Waals surface area contributed by atoms with Gasteiger partial charge in [-0.25, -0.2) is 4.39 Å². The molecule has 2 N–H and O–H groups in total. The summed E-state index contributed by atoms with van der Waals surface area (Å²) in [7, 11) is 1.80. The van der Waals surface area contributed by atoms with Crippen molar-refractivity contribution in [3.05, 3.63) is 63.2 Å². The number of para-hydroxylation sites is 1. The van der Waals surface area contributed by atoms with E-state index in [1.54, 1.807) is 20.1 Å². The van der Waals surface area contributed by atoms with Crippen LogP contribution in [0.5, 0.6) is 0 Å². The van der Waals surface area contributed by atoms with Gasteiger partial charge in [0.2, 0.25) is 0 Å². The van der Waals surface area contributed by atoms with E-state index in [2.05, 4.69) is 32.8 Å². The third-order valence-electron chi connectivity index (χ3n) is 8.81. The molecule has 0 radical (unpaired) electrons. The Bertz CT molecular complexity index is 1390. The molecule has 1 saturated carbocycles. The number of ether oxygens (including phenoxy) is 1. The number of fused-ring (bicyclic) bond motifs is 1. The summed E-state index contributed by atoms with van der Waals surface area (Å²) in [5.41, 5.74) is 3.37. The molecule has 1 aliphatic carbocycles. The Kier molecular flexibility index (Phi) is 8.49. The first-order chi connectivity index (χ1) is 18.8. The zero-order valence-electron chi connectivity index (χ0n) is 23.3. The van der Waals surface area contributed by atoms with Crippen molar-refractivity contribution in [2.75, 3.05) is 26.2 Å². The molecule has 1 aliphatic heterocycles. The number of halogens is 1. The molecule has 7 nitrogen and oxygen atoms in total. The first-order valence-corrected chi connectivity index (χ1v) is 14.9. The molecule has 0 spiro atoms. The number of hydrogen-bond acceptors (Lipinski definition) is 5. The summed E-state index contributed by atoms with van der Waals surface area (Å²) in [6, 6.07) is 10.1. The van der Waals surface area contributed by atoms with Gasteiger partial charge in [-0.2, -0.15) is 0 Å². The molecule has 1 saturated heterocycles. The molecule has 1 atom stereocenters. The van der Waals surface area contributed by atoms with Crippen molar-refractivity contribution in [2.45, 2.75) is 76.1 Å². The van der Waals surface area contributed by atoms with E-state index >= 15 is 0 Å². The van der Waals surface area contributed by atoms with Crippen LogP contribution in [-0.2, 0) is 11.3 Å². The number of H-pyrrole nitrogens is 1. The quantitative estimate of drug-likeness (QED) is 0.349. The third kappa shape index (κ3) is 5.54. The van der Waals surface area contributed by atoms with E-state index < -0.39 is 6.01 Å². The summed E-state index contributed by atoms with van der Waals surface area (Å²) in [6.07, 6.45) is 5.11. The van der Waals surface area contributed by atoms with Gasteiger partial charge in [-0.05, 0) is 64.5 Å². The minimum atomic E-state index is -0.637. The predicted octanol–water partition coefficient (Wildman–Crippen LogP) is 5.35. The molecule has 1 unspecified atom stereocenters. The van der Waals surface area contributed by atoms with Crippen molar-refractivity contribution in [1.82, 2.24) is 19.8 Å². The fourth-order valence-electron chi connectivity index (χ4n) is 6.58. The van der Waals surface area contributed by atoms with Gasteiger partial charge in [0.1, 0.15) is 6.01 Å². The van der Waals surface area contributed by atoms with Crippen molar-refractivity contribution in [3.63, 3.8) is 0 Å². The topological polar surface area (TPSA) is 79.4 Å². The molecule has 5 rings (SSSR count). The molecule has 210 valence electrons. The lowest BCUT2D eigenvalue weighted by atomic mass is 9.80. The summed E-state index contributed by atoms with van der Waals surface area (Å²) in [6.45, 7) is 8.19. The third-order valence-corrected chi connectivity index (χ3v) is 9.59. The van der Waals surface area contributed by atoms with Crippen LogP contribution in [-0.4, -0.2) is 58.7 Å². The summed E-state index contributed by atoms with van der Waals surface area (Å²) < 4.78 is 20.9. The number of carbonyl (C=O) groups excluding carboxylic acids is 1. The average Bonchev–Trinajstić information content (AvgIpc) is 3.19. The summed E-state index contributed by atoms with van der Waals surface area (Å²) in [5.74, 6) is 0.317. The maximum Gasteiger partial charge on any atom is 0.254 e. The molecular formula is C30H39FN4O3S. The van der Waals surface area contributed by atoms with Crippen molar-refractivity contribution in [1.29, 1.82) is 0 Å². The highest BCUT2D eigenvalue weighted by Crippen LogP contribution is 2.39. The van der Waals surface area contributed by atoms with Gasteiger partial charge in [-0.3, -0.25) is 14.5 Å². The van der Waals surface area contributed by atoms with Gasteiger partial charge in [0.15, 0.2) is 0 Å². The van der Waals surface area contributed by atoms with Crippen molar-refractivity contribution >= 4 is 28.6 Å². The zero-order chi connectivity index (χ0) is 27.7.